The van der Waals surface area contributed by atoms with E-state index in [9.17, 15) is 14.9 Å². The van der Waals surface area contributed by atoms with Crippen molar-refractivity contribution in [3.8, 4) is 17.6 Å². The number of carbonyl (C=O) groups is 2. The van der Waals surface area contributed by atoms with Gasteiger partial charge in [-0.25, -0.2) is 0 Å². The van der Waals surface area contributed by atoms with Crippen LogP contribution >= 0.6 is 0 Å². The van der Waals surface area contributed by atoms with Crippen molar-refractivity contribution in [3.63, 3.8) is 0 Å². The maximum atomic E-state index is 12.8. The smallest absolute Gasteiger partial charge is 0.311 e. The Morgan fingerprint density at radius 1 is 1.16 bits per heavy atom. The third kappa shape index (κ3) is 4.95. The Morgan fingerprint density at radius 3 is 2.55 bits per heavy atom. The molecular formula is C23H26N3O5+. The van der Waals surface area contributed by atoms with Gasteiger partial charge >= 0.3 is 5.97 Å². The lowest BCUT2D eigenvalue weighted by Gasteiger charge is -2.34. The van der Waals surface area contributed by atoms with E-state index >= 15 is 0 Å². The lowest BCUT2D eigenvalue weighted by molar-refractivity contribution is -0.925. The quantitative estimate of drug-likeness (QED) is 0.649. The van der Waals surface area contributed by atoms with Gasteiger partial charge in [-0.2, -0.15) is 5.26 Å². The Bertz CT molecular complexity index is 1010. The molecule has 2 aromatic carbocycles. The molecule has 1 amide bonds. The minimum absolute atomic E-state index is 0.135. The van der Waals surface area contributed by atoms with Gasteiger partial charge in [0.05, 0.1) is 39.1 Å². The summed E-state index contributed by atoms with van der Waals surface area (Å²) in [6, 6.07) is 12.5. The second-order valence-electron chi connectivity index (χ2n) is 7.28. The molecule has 8 heteroatoms. The van der Waals surface area contributed by atoms with Crippen LogP contribution in [0.5, 0.6) is 11.5 Å². The fraction of sp³-hybridized carbons (Fsp3) is 0.348. The molecule has 31 heavy (non-hydrogen) atoms. The summed E-state index contributed by atoms with van der Waals surface area (Å²) in [4.78, 5) is 25.9. The summed E-state index contributed by atoms with van der Waals surface area (Å²) in [5.41, 5.74) is 2.88. The van der Waals surface area contributed by atoms with Crippen LogP contribution in [0.4, 0.5) is 5.69 Å². The zero-order valence-corrected chi connectivity index (χ0v) is 17.9. The first-order valence-electron chi connectivity index (χ1n) is 9.95. The lowest BCUT2D eigenvalue weighted by Crippen LogP contribution is -3.14. The Hall–Kier alpha value is -3.57. The zero-order chi connectivity index (χ0) is 22.4. The summed E-state index contributed by atoms with van der Waals surface area (Å²) >= 11 is 0. The number of rotatable bonds is 7. The number of nitrogens with zero attached hydrogens (tertiary/aromatic N) is 1. The first kappa shape index (κ1) is 22.1. The van der Waals surface area contributed by atoms with Crippen LogP contribution in [0.25, 0.3) is 0 Å². The number of para-hydroxylation sites is 1. The maximum absolute atomic E-state index is 12.8. The van der Waals surface area contributed by atoms with Gasteiger partial charge in [-0.3, -0.25) is 9.59 Å². The van der Waals surface area contributed by atoms with Gasteiger partial charge < -0.3 is 24.4 Å². The van der Waals surface area contributed by atoms with Crippen molar-refractivity contribution < 1.29 is 28.7 Å². The number of fused-ring (bicyclic) bond motifs is 1. The third-order valence-corrected chi connectivity index (χ3v) is 5.54. The van der Waals surface area contributed by atoms with Crippen LogP contribution in [-0.4, -0.2) is 46.3 Å². The Kier molecular flexibility index (Phi) is 7.11. The van der Waals surface area contributed by atoms with Crippen molar-refractivity contribution >= 4 is 17.6 Å². The van der Waals surface area contributed by atoms with Crippen LogP contribution in [0.2, 0.25) is 0 Å². The molecule has 2 N–H and O–H groups in total. The van der Waals surface area contributed by atoms with Gasteiger partial charge in [-0.15, -0.1) is 0 Å². The van der Waals surface area contributed by atoms with Gasteiger partial charge in [0, 0.05) is 12.0 Å². The molecule has 1 heterocycles. The molecule has 8 nitrogen and oxygen atoms in total. The summed E-state index contributed by atoms with van der Waals surface area (Å²) in [6.45, 7) is 0.812. The van der Waals surface area contributed by atoms with Crippen LogP contribution in [0, 0.1) is 11.3 Å². The van der Waals surface area contributed by atoms with E-state index in [1.807, 2.05) is 12.1 Å². The normalized spacial score (nSPS) is 17.1. The number of nitrogens with one attached hydrogen (secondary N) is 2. The molecule has 1 unspecified atom stereocenters. The predicted molar refractivity (Wildman–Crippen MR) is 113 cm³/mol. The molecule has 0 bridgehead atoms. The molecule has 0 aliphatic carbocycles. The highest BCUT2D eigenvalue weighted by atomic mass is 16.5. The van der Waals surface area contributed by atoms with Gasteiger partial charge in [-0.05, 0) is 29.8 Å². The van der Waals surface area contributed by atoms with Gasteiger partial charge in [0.2, 0.25) is 0 Å². The third-order valence-electron chi connectivity index (χ3n) is 5.54. The molecule has 0 aromatic heterocycles. The minimum atomic E-state index is -0.347. The molecule has 0 saturated carbocycles. The van der Waals surface area contributed by atoms with Crippen LogP contribution in [-0.2, 0) is 20.7 Å². The van der Waals surface area contributed by atoms with E-state index in [1.165, 1.54) is 7.11 Å². The Labute approximate surface area is 181 Å². The highest BCUT2D eigenvalue weighted by molar-refractivity contribution is 5.92. The van der Waals surface area contributed by atoms with E-state index in [-0.39, 0.29) is 30.9 Å². The SMILES string of the molecule is COC(=O)C[C@H]1c2cc(OC)c(OC)cc2CC[NH+]1CC(=O)Nc1ccccc1C#N. The molecule has 0 saturated heterocycles. The topological polar surface area (TPSA) is 102 Å². The van der Waals surface area contributed by atoms with Crippen molar-refractivity contribution in [1.82, 2.24) is 0 Å². The molecule has 2 aromatic rings. The van der Waals surface area contributed by atoms with Gasteiger partial charge in [0.1, 0.15) is 18.5 Å². The highest BCUT2D eigenvalue weighted by Gasteiger charge is 2.35. The van der Waals surface area contributed by atoms with Gasteiger partial charge in [0.15, 0.2) is 18.0 Å². The second kappa shape index (κ2) is 9.96. The maximum Gasteiger partial charge on any atom is 0.311 e. The first-order chi connectivity index (χ1) is 15.0. The summed E-state index contributed by atoms with van der Waals surface area (Å²) in [6.07, 6.45) is 0.862. The number of carbonyl (C=O) groups excluding carboxylic acids is 2. The number of benzene rings is 2. The van der Waals surface area contributed by atoms with Crippen molar-refractivity contribution in [2.75, 3.05) is 39.7 Å². The number of nitriles is 1. The molecule has 2 atom stereocenters. The number of ether oxygens (including phenoxy) is 3. The van der Waals surface area contributed by atoms with E-state index in [0.717, 1.165) is 22.4 Å². The summed E-state index contributed by atoms with van der Waals surface area (Å²) < 4.78 is 15.8. The molecule has 1 aliphatic rings. The number of hydrogen-bond acceptors (Lipinski definition) is 6. The van der Waals surface area contributed by atoms with Gasteiger partial charge in [-0.1, -0.05) is 12.1 Å². The Balaban J connectivity index is 1.86. The number of hydrogen-bond donors (Lipinski definition) is 2. The van der Waals surface area contributed by atoms with Crippen molar-refractivity contribution in [2.45, 2.75) is 18.9 Å². The number of methoxy groups -OCH3 is 3. The largest absolute Gasteiger partial charge is 0.493 e. The van der Waals surface area contributed by atoms with Crippen molar-refractivity contribution in [2.24, 2.45) is 0 Å². The molecule has 0 spiro atoms. The molecule has 0 radical (unpaired) electrons. The van der Waals surface area contributed by atoms with Crippen molar-refractivity contribution in [3.05, 3.63) is 53.1 Å². The number of amides is 1. The molecule has 3 rings (SSSR count). The van der Waals surface area contributed by atoms with E-state index in [0.29, 0.717) is 29.3 Å². The summed E-state index contributed by atoms with van der Waals surface area (Å²) in [5.74, 6) is 0.633. The van der Waals surface area contributed by atoms with Gasteiger partial charge in [0.25, 0.3) is 5.91 Å². The molecule has 1 aliphatic heterocycles. The summed E-state index contributed by atoms with van der Waals surface area (Å²) in [7, 11) is 4.50. The minimum Gasteiger partial charge on any atom is -0.493 e. The fourth-order valence-corrected chi connectivity index (χ4v) is 3.97. The first-order valence-corrected chi connectivity index (χ1v) is 9.95. The molecule has 0 fully saturated rings. The van der Waals surface area contributed by atoms with Crippen LogP contribution < -0.4 is 19.7 Å². The predicted octanol–water partition coefficient (Wildman–Crippen LogP) is 1.26. The Morgan fingerprint density at radius 2 is 1.87 bits per heavy atom. The second-order valence-corrected chi connectivity index (χ2v) is 7.28. The van der Waals surface area contributed by atoms with E-state index in [1.54, 1.807) is 38.5 Å². The average molecular weight is 424 g/mol. The van der Waals surface area contributed by atoms with Crippen LogP contribution in [0.1, 0.15) is 29.2 Å². The average Bonchev–Trinajstić information content (AvgIpc) is 2.79. The highest BCUT2D eigenvalue weighted by Crippen LogP contribution is 2.35. The number of anilines is 1. The summed E-state index contributed by atoms with van der Waals surface area (Å²) in [5, 5.41) is 12.1. The van der Waals surface area contributed by atoms with E-state index in [2.05, 4.69) is 11.4 Å². The van der Waals surface area contributed by atoms with Crippen molar-refractivity contribution in [1.29, 1.82) is 5.26 Å². The monoisotopic (exact) mass is 424 g/mol. The van der Waals surface area contributed by atoms with Crippen LogP contribution in [0.15, 0.2) is 36.4 Å². The lowest BCUT2D eigenvalue weighted by atomic mass is 9.90. The molecular weight excluding hydrogens is 398 g/mol. The number of quaternary nitrogens is 1. The van der Waals surface area contributed by atoms with Crippen LogP contribution in [0.3, 0.4) is 0 Å². The van der Waals surface area contributed by atoms with E-state index in [4.69, 9.17) is 14.2 Å². The standard InChI is InChI=1S/C23H25N3O5/c1-29-20-10-15-8-9-26(14-22(27)25-18-7-5-4-6-16(18)13-24)19(12-23(28)31-3)17(15)11-21(20)30-2/h4-7,10-11,19H,8-9,12,14H2,1-3H3,(H,25,27)/p+1/t19-/m0/s1. The fourth-order valence-electron chi connectivity index (χ4n) is 3.97. The number of esters is 1. The molecule has 162 valence electrons. The van der Waals surface area contributed by atoms with E-state index < -0.39 is 0 Å². The zero-order valence-electron chi connectivity index (χ0n) is 17.9.